The van der Waals surface area contributed by atoms with Crippen LogP contribution in [0.5, 0.6) is 0 Å². The van der Waals surface area contributed by atoms with E-state index in [0.717, 1.165) is 5.56 Å². The van der Waals surface area contributed by atoms with E-state index in [1.54, 1.807) is 42.2 Å². The minimum atomic E-state index is -0.566. The Morgan fingerprint density at radius 2 is 1.79 bits per heavy atom. The van der Waals surface area contributed by atoms with E-state index < -0.39 is 23.7 Å². The smallest absolute Gasteiger partial charge is 0.257 e. The molecular weight excluding hydrogens is 462 g/mol. The summed E-state index contributed by atoms with van der Waals surface area (Å²) in [6, 6.07) is 18.3. The van der Waals surface area contributed by atoms with Gasteiger partial charge in [-0.25, -0.2) is 4.39 Å². The first-order chi connectivity index (χ1) is 15.9. The highest BCUT2D eigenvalue weighted by Crippen LogP contribution is 2.39. The summed E-state index contributed by atoms with van der Waals surface area (Å²) < 4.78 is 14.7. The fourth-order valence-corrected chi connectivity index (χ4v) is 4.76. The molecule has 2 amide bonds. The van der Waals surface area contributed by atoms with Crippen LogP contribution in [-0.2, 0) is 4.79 Å². The van der Waals surface area contributed by atoms with Crippen LogP contribution in [0.3, 0.4) is 0 Å². The zero-order valence-electron chi connectivity index (χ0n) is 18.0. The maximum absolute atomic E-state index is 14.7. The molecule has 1 saturated heterocycles. The number of rotatable bonds is 4. The number of anilines is 1. The number of piperidine rings is 1. The molecule has 1 N–H and O–H groups in total. The van der Waals surface area contributed by atoms with E-state index >= 15 is 0 Å². The van der Waals surface area contributed by atoms with Gasteiger partial charge in [0.1, 0.15) is 5.82 Å². The average Bonchev–Trinajstić information content (AvgIpc) is 2.81. The van der Waals surface area contributed by atoms with Gasteiger partial charge in [-0.3, -0.25) is 9.59 Å². The first-order valence-electron chi connectivity index (χ1n) is 10.7. The fraction of sp³-hybridized carbons (Fsp3) is 0.231. The van der Waals surface area contributed by atoms with Gasteiger partial charge in [0.25, 0.3) is 5.91 Å². The maximum Gasteiger partial charge on any atom is 0.257 e. The van der Waals surface area contributed by atoms with Crippen molar-refractivity contribution in [2.45, 2.75) is 25.8 Å². The molecule has 0 aliphatic carbocycles. The standard InChI is InChI=1S/C26H23Cl2FN2O2/c1-16-7-5-11-21(29)23(16)26(33)31-14-6-10-19(24(31)17-8-3-2-4-9-17)25(32)30-22-15-18(27)12-13-20(22)28/h2-5,7-9,11-13,15,19,24H,6,10,14H2,1H3,(H,30,32)/t19-,24-/m0/s1. The summed E-state index contributed by atoms with van der Waals surface area (Å²) in [4.78, 5) is 28.6. The number of aryl methyl sites for hydroxylation is 1. The summed E-state index contributed by atoms with van der Waals surface area (Å²) in [6.45, 7) is 2.14. The van der Waals surface area contributed by atoms with Crippen LogP contribution in [0, 0.1) is 18.7 Å². The number of carbonyl (C=O) groups is 2. The van der Waals surface area contributed by atoms with Gasteiger partial charge in [-0.2, -0.15) is 0 Å². The van der Waals surface area contributed by atoms with Gasteiger partial charge in [-0.1, -0.05) is 65.7 Å². The third kappa shape index (κ3) is 4.90. The number of nitrogens with zero attached hydrogens (tertiary/aromatic N) is 1. The first kappa shape index (κ1) is 23.3. The maximum atomic E-state index is 14.7. The van der Waals surface area contributed by atoms with Gasteiger partial charge in [0.15, 0.2) is 0 Å². The molecular formula is C26H23Cl2FN2O2. The van der Waals surface area contributed by atoms with Crippen molar-refractivity contribution in [3.05, 3.63) is 99.3 Å². The first-order valence-corrected chi connectivity index (χ1v) is 11.5. The number of halogens is 3. The van der Waals surface area contributed by atoms with Crippen molar-refractivity contribution in [2.24, 2.45) is 5.92 Å². The number of likely N-dealkylation sites (tertiary alicyclic amines) is 1. The van der Waals surface area contributed by atoms with Crippen molar-refractivity contribution in [1.29, 1.82) is 0 Å². The van der Waals surface area contributed by atoms with Gasteiger partial charge in [-0.15, -0.1) is 0 Å². The topological polar surface area (TPSA) is 49.4 Å². The molecule has 2 atom stereocenters. The van der Waals surface area contributed by atoms with Crippen LogP contribution < -0.4 is 5.32 Å². The van der Waals surface area contributed by atoms with Gasteiger partial charge in [-0.05, 0) is 55.2 Å². The van der Waals surface area contributed by atoms with Crippen molar-refractivity contribution in [3.63, 3.8) is 0 Å². The summed E-state index contributed by atoms with van der Waals surface area (Å²) in [6.07, 6.45) is 1.19. The van der Waals surface area contributed by atoms with Gasteiger partial charge in [0.05, 0.1) is 28.2 Å². The summed E-state index contributed by atoms with van der Waals surface area (Å²) in [5, 5.41) is 3.69. The van der Waals surface area contributed by atoms with Crippen molar-refractivity contribution >= 4 is 40.7 Å². The minimum Gasteiger partial charge on any atom is -0.331 e. The molecule has 0 bridgehead atoms. The molecule has 3 aromatic carbocycles. The van der Waals surface area contributed by atoms with Crippen molar-refractivity contribution in [2.75, 3.05) is 11.9 Å². The van der Waals surface area contributed by atoms with Crippen molar-refractivity contribution < 1.29 is 14.0 Å². The molecule has 1 fully saturated rings. The predicted molar refractivity (Wildman–Crippen MR) is 129 cm³/mol. The summed E-state index contributed by atoms with van der Waals surface area (Å²) in [5.41, 5.74) is 1.83. The quantitative estimate of drug-likeness (QED) is 0.449. The van der Waals surface area contributed by atoms with Gasteiger partial charge < -0.3 is 10.2 Å². The van der Waals surface area contributed by atoms with Crippen LogP contribution in [0.1, 0.15) is 40.4 Å². The Labute approximate surface area is 202 Å². The highest BCUT2D eigenvalue weighted by Gasteiger charge is 2.40. The van der Waals surface area contributed by atoms with Crippen LogP contribution in [0.2, 0.25) is 10.0 Å². The van der Waals surface area contributed by atoms with Gasteiger partial charge in [0, 0.05) is 11.6 Å². The Bertz CT molecular complexity index is 1170. The Kier molecular flexibility index (Phi) is 7.01. The molecule has 3 aromatic rings. The monoisotopic (exact) mass is 484 g/mol. The number of nitrogens with one attached hydrogen (secondary N) is 1. The Morgan fingerprint density at radius 3 is 2.52 bits per heavy atom. The molecule has 4 nitrogen and oxygen atoms in total. The van der Waals surface area contributed by atoms with Crippen LogP contribution in [0.25, 0.3) is 0 Å². The van der Waals surface area contributed by atoms with Crippen LogP contribution in [0.4, 0.5) is 10.1 Å². The zero-order chi connectivity index (χ0) is 23.5. The average molecular weight is 485 g/mol. The number of hydrogen-bond acceptors (Lipinski definition) is 2. The second-order valence-electron chi connectivity index (χ2n) is 8.15. The van der Waals surface area contributed by atoms with Crippen LogP contribution in [0.15, 0.2) is 66.7 Å². The van der Waals surface area contributed by atoms with E-state index in [2.05, 4.69) is 5.32 Å². The second kappa shape index (κ2) is 9.94. The molecule has 0 aromatic heterocycles. The van der Waals surface area contributed by atoms with E-state index in [1.165, 1.54) is 6.07 Å². The summed E-state index contributed by atoms with van der Waals surface area (Å²) in [5.74, 6) is -1.80. The molecule has 170 valence electrons. The lowest BCUT2D eigenvalue weighted by molar-refractivity contribution is -0.123. The SMILES string of the molecule is Cc1cccc(F)c1C(=O)N1CCC[C@H](C(=O)Nc2cc(Cl)ccc2Cl)[C@@H]1c1ccccc1. The second-order valence-corrected chi connectivity index (χ2v) is 8.99. The van der Waals surface area contributed by atoms with E-state index in [1.807, 2.05) is 30.3 Å². The third-order valence-electron chi connectivity index (χ3n) is 5.99. The van der Waals surface area contributed by atoms with Crippen molar-refractivity contribution in [1.82, 2.24) is 4.90 Å². The molecule has 4 rings (SSSR count). The largest absolute Gasteiger partial charge is 0.331 e. The Balaban J connectivity index is 1.72. The molecule has 0 saturated carbocycles. The van der Waals surface area contributed by atoms with E-state index in [4.69, 9.17) is 23.2 Å². The van der Waals surface area contributed by atoms with Crippen molar-refractivity contribution in [3.8, 4) is 0 Å². The number of hydrogen-bond donors (Lipinski definition) is 1. The van der Waals surface area contributed by atoms with E-state index in [0.29, 0.717) is 40.7 Å². The lowest BCUT2D eigenvalue weighted by atomic mass is 9.83. The van der Waals surface area contributed by atoms with Crippen LogP contribution in [-0.4, -0.2) is 23.3 Å². The highest BCUT2D eigenvalue weighted by molar-refractivity contribution is 6.35. The van der Waals surface area contributed by atoms with E-state index in [9.17, 15) is 14.0 Å². The molecule has 0 unspecified atom stereocenters. The number of benzene rings is 3. The molecule has 1 aliphatic rings. The number of amides is 2. The Morgan fingerprint density at radius 1 is 1.03 bits per heavy atom. The normalized spacial score (nSPS) is 18.1. The van der Waals surface area contributed by atoms with Gasteiger partial charge in [0.2, 0.25) is 5.91 Å². The summed E-state index contributed by atoms with van der Waals surface area (Å²) in [7, 11) is 0. The van der Waals surface area contributed by atoms with Gasteiger partial charge >= 0.3 is 0 Å². The molecule has 0 radical (unpaired) electrons. The van der Waals surface area contributed by atoms with Crippen LogP contribution >= 0.6 is 23.2 Å². The lowest BCUT2D eigenvalue weighted by Gasteiger charge is -2.41. The van der Waals surface area contributed by atoms with E-state index in [-0.39, 0.29) is 11.5 Å². The molecule has 1 heterocycles. The number of carbonyl (C=O) groups excluding carboxylic acids is 2. The molecule has 0 spiro atoms. The minimum absolute atomic E-state index is 0.0392. The molecule has 1 aliphatic heterocycles. The zero-order valence-corrected chi connectivity index (χ0v) is 19.5. The fourth-order valence-electron chi connectivity index (χ4n) is 4.43. The highest BCUT2D eigenvalue weighted by atomic mass is 35.5. The molecule has 7 heteroatoms. The summed E-state index contributed by atoms with van der Waals surface area (Å²) >= 11 is 12.3. The Hall–Kier alpha value is -2.89. The predicted octanol–water partition coefficient (Wildman–Crippen LogP) is 6.67. The lowest BCUT2D eigenvalue weighted by Crippen LogP contribution is -2.46. The molecule has 33 heavy (non-hydrogen) atoms. The third-order valence-corrected chi connectivity index (χ3v) is 6.56.